The third kappa shape index (κ3) is 4.45. The van der Waals surface area contributed by atoms with Crippen molar-refractivity contribution in [1.82, 2.24) is 10.2 Å². The molecular formula is C15H20N4O2. The first-order chi connectivity index (χ1) is 10.2. The van der Waals surface area contributed by atoms with Gasteiger partial charge in [-0.25, -0.2) is 4.79 Å². The number of nitriles is 1. The number of nitrogens with zero attached hydrogens (tertiary/aromatic N) is 2. The van der Waals surface area contributed by atoms with Gasteiger partial charge in [0.15, 0.2) is 0 Å². The van der Waals surface area contributed by atoms with Gasteiger partial charge in [0.05, 0.1) is 18.2 Å². The number of nitrogens with one attached hydrogen (secondary N) is 2. The lowest BCUT2D eigenvalue weighted by atomic mass is 10.2. The number of amides is 2. The highest BCUT2D eigenvalue weighted by atomic mass is 16.3. The monoisotopic (exact) mass is 288 g/mol. The van der Waals surface area contributed by atoms with Crippen molar-refractivity contribution < 1.29 is 9.90 Å². The van der Waals surface area contributed by atoms with E-state index in [4.69, 9.17) is 10.4 Å². The van der Waals surface area contributed by atoms with Crippen LogP contribution in [0.1, 0.15) is 18.4 Å². The van der Waals surface area contributed by atoms with Gasteiger partial charge in [-0.3, -0.25) is 0 Å². The summed E-state index contributed by atoms with van der Waals surface area (Å²) < 4.78 is 0. The maximum atomic E-state index is 12.3. The molecule has 0 aliphatic carbocycles. The molecule has 6 nitrogen and oxygen atoms in total. The topological polar surface area (TPSA) is 88.4 Å². The quantitative estimate of drug-likeness (QED) is 0.758. The summed E-state index contributed by atoms with van der Waals surface area (Å²) in [5, 5.41) is 24.1. The summed E-state index contributed by atoms with van der Waals surface area (Å²) in [4.78, 5) is 13.9. The SMILES string of the molecule is N#Cc1cccc(NC(=O)N(CCO)CC2CCCN2)c1. The minimum Gasteiger partial charge on any atom is -0.395 e. The molecule has 6 heteroatoms. The maximum absolute atomic E-state index is 12.3. The number of aliphatic hydroxyl groups excluding tert-OH is 1. The van der Waals surface area contributed by atoms with Crippen LogP contribution in [0.4, 0.5) is 10.5 Å². The molecule has 2 amide bonds. The molecular weight excluding hydrogens is 268 g/mol. The second kappa shape index (κ2) is 7.62. The smallest absolute Gasteiger partial charge is 0.321 e. The number of carbonyl (C=O) groups excluding carboxylic acids is 1. The fourth-order valence-electron chi connectivity index (χ4n) is 2.44. The summed E-state index contributed by atoms with van der Waals surface area (Å²) in [6.07, 6.45) is 2.16. The van der Waals surface area contributed by atoms with Crippen molar-refractivity contribution in [2.75, 3.05) is 31.6 Å². The number of hydrogen-bond acceptors (Lipinski definition) is 4. The van der Waals surface area contributed by atoms with E-state index in [1.165, 1.54) is 0 Å². The molecule has 0 saturated carbocycles. The second-order valence-electron chi connectivity index (χ2n) is 5.09. The average Bonchev–Trinajstić information content (AvgIpc) is 3.00. The van der Waals surface area contributed by atoms with Gasteiger partial charge in [-0.15, -0.1) is 0 Å². The summed E-state index contributed by atoms with van der Waals surface area (Å²) in [6, 6.07) is 8.84. The Morgan fingerprint density at radius 1 is 1.57 bits per heavy atom. The summed E-state index contributed by atoms with van der Waals surface area (Å²) in [6.45, 7) is 1.77. The van der Waals surface area contributed by atoms with E-state index in [1.807, 2.05) is 6.07 Å². The van der Waals surface area contributed by atoms with Gasteiger partial charge in [0, 0.05) is 24.8 Å². The van der Waals surface area contributed by atoms with Crippen LogP contribution in [0.15, 0.2) is 24.3 Å². The minimum absolute atomic E-state index is 0.0711. The Morgan fingerprint density at radius 2 is 2.43 bits per heavy atom. The van der Waals surface area contributed by atoms with E-state index in [-0.39, 0.29) is 18.7 Å². The Morgan fingerprint density at radius 3 is 3.10 bits per heavy atom. The van der Waals surface area contributed by atoms with Crippen molar-refractivity contribution in [3.8, 4) is 6.07 Å². The predicted octanol–water partition coefficient (Wildman–Crippen LogP) is 1.14. The van der Waals surface area contributed by atoms with E-state index >= 15 is 0 Å². The number of rotatable bonds is 5. The Hall–Kier alpha value is -2.10. The first kappa shape index (κ1) is 15.3. The van der Waals surface area contributed by atoms with Crippen LogP contribution in [-0.4, -0.2) is 48.3 Å². The molecule has 0 spiro atoms. The standard InChI is InChI=1S/C15H20N4O2/c16-10-12-3-1-4-13(9-12)18-15(21)19(7-8-20)11-14-5-2-6-17-14/h1,3-4,9,14,17,20H,2,5-8,11H2,(H,18,21). The molecule has 0 radical (unpaired) electrons. The van der Waals surface area contributed by atoms with Gasteiger partial charge in [0.1, 0.15) is 0 Å². The summed E-state index contributed by atoms with van der Waals surface area (Å²) >= 11 is 0. The molecule has 1 fully saturated rings. The van der Waals surface area contributed by atoms with E-state index in [9.17, 15) is 4.79 Å². The third-order valence-corrected chi connectivity index (χ3v) is 3.50. The van der Waals surface area contributed by atoms with E-state index < -0.39 is 0 Å². The van der Waals surface area contributed by atoms with Crippen LogP contribution in [0.5, 0.6) is 0 Å². The van der Waals surface area contributed by atoms with Crippen LogP contribution in [-0.2, 0) is 0 Å². The fraction of sp³-hybridized carbons (Fsp3) is 0.467. The Balaban J connectivity index is 1.98. The number of benzene rings is 1. The molecule has 1 unspecified atom stereocenters. The summed E-state index contributed by atoms with van der Waals surface area (Å²) in [5.41, 5.74) is 1.08. The van der Waals surface area contributed by atoms with Crippen LogP contribution in [0.3, 0.4) is 0 Å². The number of anilines is 1. The Labute approximate surface area is 124 Å². The Bertz CT molecular complexity index is 521. The number of aliphatic hydroxyl groups is 1. The van der Waals surface area contributed by atoms with Crippen molar-refractivity contribution in [2.45, 2.75) is 18.9 Å². The number of carbonyl (C=O) groups is 1. The van der Waals surface area contributed by atoms with Gasteiger partial charge in [-0.05, 0) is 37.6 Å². The average molecular weight is 288 g/mol. The van der Waals surface area contributed by atoms with Crippen LogP contribution in [0.25, 0.3) is 0 Å². The lowest BCUT2D eigenvalue weighted by Gasteiger charge is -2.25. The highest BCUT2D eigenvalue weighted by Gasteiger charge is 2.21. The van der Waals surface area contributed by atoms with Gasteiger partial charge in [-0.1, -0.05) is 6.07 Å². The fourth-order valence-corrected chi connectivity index (χ4v) is 2.44. The van der Waals surface area contributed by atoms with Gasteiger partial charge in [0.2, 0.25) is 0 Å². The molecule has 2 rings (SSSR count). The molecule has 1 heterocycles. The van der Waals surface area contributed by atoms with Crippen LogP contribution >= 0.6 is 0 Å². The van der Waals surface area contributed by atoms with Crippen molar-refractivity contribution in [3.63, 3.8) is 0 Å². The van der Waals surface area contributed by atoms with E-state index in [1.54, 1.807) is 29.2 Å². The lowest BCUT2D eigenvalue weighted by molar-refractivity contribution is 0.182. The van der Waals surface area contributed by atoms with Crippen molar-refractivity contribution in [1.29, 1.82) is 5.26 Å². The second-order valence-corrected chi connectivity index (χ2v) is 5.09. The van der Waals surface area contributed by atoms with Gasteiger partial charge < -0.3 is 20.6 Å². The van der Waals surface area contributed by atoms with Crippen molar-refractivity contribution >= 4 is 11.7 Å². The zero-order chi connectivity index (χ0) is 15.1. The molecule has 0 bridgehead atoms. The van der Waals surface area contributed by atoms with Crippen LogP contribution in [0, 0.1) is 11.3 Å². The third-order valence-electron chi connectivity index (χ3n) is 3.50. The number of urea groups is 1. The Kier molecular flexibility index (Phi) is 5.55. The molecule has 1 saturated heterocycles. The molecule has 112 valence electrons. The normalized spacial score (nSPS) is 17.2. The largest absolute Gasteiger partial charge is 0.395 e. The molecule has 21 heavy (non-hydrogen) atoms. The molecule has 1 aliphatic rings. The van der Waals surface area contributed by atoms with E-state index in [2.05, 4.69) is 10.6 Å². The molecule has 1 aromatic rings. The molecule has 3 N–H and O–H groups in total. The van der Waals surface area contributed by atoms with Crippen molar-refractivity contribution in [2.24, 2.45) is 0 Å². The van der Waals surface area contributed by atoms with E-state index in [0.717, 1.165) is 19.4 Å². The minimum atomic E-state index is -0.257. The maximum Gasteiger partial charge on any atom is 0.321 e. The zero-order valence-corrected chi connectivity index (χ0v) is 11.9. The first-order valence-electron chi connectivity index (χ1n) is 7.13. The summed E-state index contributed by atoms with van der Waals surface area (Å²) in [5.74, 6) is 0. The van der Waals surface area contributed by atoms with Crippen LogP contribution in [0.2, 0.25) is 0 Å². The molecule has 0 aromatic heterocycles. The van der Waals surface area contributed by atoms with Crippen molar-refractivity contribution in [3.05, 3.63) is 29.8 Å². The molecule has 1 aromatic carbocycles. The van der Waals surface area contributed by atoms with Crippen LogP contribution < -0.4 is 10.6 Å². The highest BCUT2D eigenvalue weighted by Crippen LogP contribution is 2.12. The number of hydrogen-bond donors (Lipinski definition) is 3. The summed E-state index contributed by atoms with van der Waals surface area (Å²) in [7, 11) is 0. The lowest BCUT2D eigenvalue weighted by Crippen LogP contribution is -2.44. The van der Waals surface area contributed by atoms with Gasteiger partial charge in [-0.2, -0.15) is 5.26 Å². The zero-order valence-electron chi connectivity index (χ0n) is 11.9. The van der Waals surface area contributed by atoms with E-state index in [0.29, 0.717) is 24.3 Å². The predicted molar refractivity (Wildman–Crippen MR) is 79.9 cm³/mol. The first-order valence-corrected chi connectivity index (χ1v) is 7.13. The highest BCUT2D eigenvalue weighted by molar-refractivity contribution is 5.89. The van der Waals surface area contributed by atoms with Gasteiger partial charge >= 0.3 is 6.03 Å². The molecule has 1 atom stereocenters. The van der Waals surface area contributed by atoms with Gasteiger partial charge in [0.25, 0.3) is 0 Å². The molecule has 1 aliphatic heterocycles.